The molecule has 0 aromatic rings. The Kier molecular flexibility index (Phi) is 8.11. The molecule has 2 N–H and O–H groups in total. The van der Waals surface area contributed by atoms with Crippen molar-refractivity contribution in [1.29, 1.82) is 0 Å². The van der Waals surface area contributed by atoms with Crippen LogP contribution in [0, 0.1) is 0 Å². The fourth-order valence-electron chi connectivity index (χ4n) is 1.75. The number of carbonyl (C=O) groups excluding carboxylic acids is 1. The molecular weight excluding hydrogens is 236 g/mol. The van der Waals surface area contributed by atoms with Gasteiger partial charge in [0.2, 0.25) is 0 Å². The van der Waals surface area contributed by atoms with E-state index in [0.29, 0.717) is 19.6 Å². The van der Waals surface area contributed by atoms with E-state index in [1.54, 1.807) is 12.0 Å². The Morgan fingerprint density at radius 2 is 2.00 bits per heavy atom. The fraction of sp³-hybridized carbons (Fsp3) is 0.833. The Morgan fingerprint density at radius 1 is 1.39 bits per heavy atom. The number of carbonyl (C=O) groups is 2. The van der Waals surface area contributed by atoms with Crippen molar-refractivity contribution < 1.29 is 19.4 Å². The maximum Gasteiger partial charge on any atom is 0.317 e. The number of nitrogens with zero attached hydrogens (tertiary/aromatic N) is 1. The molecule has 0 saturated heterocycles. The highest BCUT2D eigenvalue weighted by Crippen LogP contribution is 2.04. The van der Waals surface area contributed by atoms with Crippen molar-refractivity contribution in [3.05, 3.63) is 0 Å². The van der Waals surface area contributed by atoms with E-state index >= 15 is 0 Å². The summed E-state index contributed by atoms with van der Waals surface area (Å²) in [6.07, 6.45) is 0.534. The molecule has 0 radical (unpaired) electrons. The van der Waals surface area contributed by atoms with Crippen LogP contribution in [0.15, 0.2) is 0 Å². The zero-order valence-corrected chi connectivity index (χ0v) is 11.6. The highest BCUT2D eigenvalue weighted by Gasteiger charge is 2.21. The van der Waals surface area contributed by atoms with Gasteiger partial charge in [0.15, 0.2) is 0 Å². The minimum atomic E-state index is -0.907. The first-order chi connectivity index (χ1) is 8.46. The normalized spacial score (nSPS) is 13.8. The summed E-state index contributed by atoms with van der Waals surface area (Å²) in [5.41, 5.74) is 0. The van der Waals surface area contributed by atoms with Gasteiger partial charge in [-0.1, -0.05) is 6.92 Å². The lowest BCUT2D eigenvalue weighted by molar-refractivity contribution is -0.137. The highest BCUT2D eigenvalue weighted by molar-refractivity contribution is 5.76. The molecule has 0 saturated carbocycles. The predicted octanol–water partition coefficient (Wildman–Crippen LogP) is 1.31. The van der Waals surface area contributed by atoms with Gasteiger partial charge in [0.1, 0.15) is 0 Å². The Balaban J connectivity index is 4.44. The molecule has 0 aliphatic heterocycles. The average molecular weight is 260 g/mol. The Labute approximate surface area is 108 Å². The van der Waals surface area contributed by atoms with Crippen LogP contribution in [-0.2, 0) is 9.53 Å². The van der Waals surface area contributed by atoms with Crippen LogP contribution in [0.1, 0.15) is 33.6 Å². The minimum Gasteiger partial charge on any atom is -0.481 e. The van der Waals surface area contributed by atoms with Crippen molar-refractivity contribution in [2.75, 3.05) is 20.3 Å². The molecule has 6 heteroatoms. The topological polar surface area (TPSA) is 78.9 Å². The monoisotopic (exact) mass is 260 g/mol. The van der Waals surface area contributed by atoms with Gasteiger partial charge < -0.3 is 20.1 Å². The second-order valence-corrected chi connectivity index (χ2v) is 4.24. The zero-order chi connectivity index (χ0) is 14.1. The largest absolute Gasteiger partial charge is 0.481 e. The molecule has 0 spiro atoms. The molecule has 2 atom stereocenters. The van der Waals surface area contributed by atoms with Gasteiger partial charge in [0.25, 0.3) is 0 Å². The second-order valence-electron chi connectivity index (χ2n) is 4.24. The second kappa shape index (κ2) is 8.74. The lowest BCUT2D eigenvalue weighted by Crippen LogP contribution is -2.49. The third kappa shape index (κ3) is 5.86. The van der Waals surface area contributed by atoms with E-state index in [1.165, 1.54) is 0 Å². The van der Waals surface area contributed by atoms with Gasteiger partial charge in [0.05, 0.1) is 19.1 Å². The number of ether oxygens (including phenoxy) is 1. The van der Waals surface area contributed by atoms with E-state index in [0.717, 1.165) is 0 Å². The van der Waals surface area contributed by atoms with Crippen molar-refractivity contribution >= 4 is 12.0 Å². The van der Waals surface area contributed by atoms with Crippen LogP contribution in [0.3, 0.4) is 0 Å². The summed E-state index contributed by atoms with van der Waals surface area (Å²) in [6, 6.07) is -0.615. The molecule has 0 aliphatic carbocycles. The molecule has 6 nitrogen and oxygen atoms in total. The Bertz CT molecular complexity index is 271. The SMILES string of the molecule is CCC(CC(=O)O)NC(=O)N(CC)C(C)COC. The van der Waals surface area contributed by atoms with E-state index < -0.39 is 5.97 Å². The third-order valence-corrected chi connectivity index (χ3v) is 2.78. The number of carboxylic acid groups (broad SMARTS) is 1. The number of aliphatic carboxylic acids is 1. The number of urea groups is 1. The van der Waals surface area contributed by atoms with Gasteiger partial charge in [0, 0.05) is 19.7 Å². The summed E-state index contributed by atoms with van der Waals surface area (Å²) < 4.78 is 5.02. The number of methoxy groups -OCH3 is 1. The lowest BCUT2D eigenvalue weighted by Gasteiger charge is -2.29. The van der Waals surface area contributed by atoms with Gasteiger partial charge >= 0.3 is 12.0 Å². The maximum atomic E-state index is 12.0. The molecule has 18 heavy (non-hydrogen) atoms. The van der Waals surface area contributed by atoms with Gasteiger partial charge in [-0.2, -0.15) is 0 Å². The van der Waals surface area contributed by atoms with E-state index in [1.807, 2.05) is 20.8 Å². The first kappa shape index (κ1) is 16.7. The van der Waals surface area contributed by atoms with Crippen LogP contribution in [0.25, 0.3) is 0 Å². The number of likely N-dealkylation sites (N-methyl/N-ethyl adjacent to an activating group) is 1. The van der Waals surface area contributed by atoms with E-state index in [9.17, 15) is 9.59 Å². The Hall–Kier alpha value is -1.30. The zero-order valence-electron chi connectivity index (χ0n) is 11.6. The number of amides is 2. The van der Waals surface area contributed by atoms with E-state index in [2.05, 4.69) is 5.32 Å². The van der Waals surface area contributed by atoms with E-state index in [4.69, 9.17) is 9.84 Å². The molecule has 0 rings (SSSR count). The number of nitrogens with one attached hydrogen (secondary N) is 1. The first-order valence-corrected chi connectivity index (χ1v) is 6.24. The summed E-state index contributed by atoms with van der Waals surface area (Å²) in [5.74, 6) is -0.907. The van der Waals surface area contributed by atoms with Crippen molar-refractivity contribution in [2.45, 2.75) is 45.7 Å². The molecule has 0 fully saturated rings. The molecule has 2 amide bonds. The third-order valence-electron chi connectivity index (χ3n) is 2.78. The predicted molar refractivity (Wildman–Crippen MR) is 68.6 cm³/mol. The maximum absolute atomic E-state index is 12.0. The molecule has 0 aromatic heterocycles. The molecule has 0 aliphatic rings. The summed E-state index contributed by atoms with van der Waals surface area (Å²) in [7, 11) is 1.58. The van der Waals surface area contributed by atoms with Crippen LogP contribution >= 0.6 is 0 Å². The molecule has 0 heterocycles. The molecule has 0 aromatic carbocycles. The van der Waals surface area contributed by atoms with Crippen molar-refractivity contribution in [2.24, 2.45) is 0 Å². The number of carboxylic acids is 1. The summed E-state index contributed by atoms with van der Waals surface area (Å²) in [6.45, 7) is 6.63. The van der Waals surface area contributed by atoms with Crippen LogP contribution in [0.5, 0.6) is 0 Å². The van der Waals surface area contributed by atoms with Crippen LogP contribution in [0.2, 0.25) is 0 Å². The molecule has 106 valence electrons. The number of hydrogen-bond acceptors (Lipinski definition) is 3. The Morgan fingerprint density at radius 3 is 2.39 bits per heavy atom. The summed E-state index contributed by atoms with van der Waals surface area (Å²) in [5, 5.41) is 11.5. The number of rotatable bonds is 8. The van der Waals surface area contributed by atoms with E-state index in [-0.39, 0.29) is 24.5 Å². The smallest absolute Gasteiger partial charge is 0.317 e. The highest BCUT2D eigenvalue weighted by atomic mass is 16.5. The van der Waals surface area contributed by atoms with Gasteiger partial charge in [-0.25, -0.2) is 4.79 Å². The van der Waals surface area contributed by atoms with Crippen molar-refractivity contribution in [3.8, 4) is 0 Å². The molecule has 0 bridgehead atoms. The van der Waals surface area contributed by atoms with Gasteiger partial charge in [-0.05, 0) is 20.3 Å². The molecule has 2 unspecified atom stereocenters. The lowest BCUT2D eigenvalue weighted by atomic mass is 10.1. The minimum absolute atomic E-state index is 0.0395. The summed E-state index contributed by atoms with van der Waals surface area (Å²) >= 11 is 0. The van der Waals surface area contributed by atoms with Crippen molar-refractivity contribution in [1.82, 2.24) is 10.2 Å². The van der Waals surface area contributed by atoms with Gasteiger partial charge in [-0.15, -0.1) is 0 Å². The standard InChI is InChI=1S/C12H24N2O4/c1-5-10(7-11(15)16)13-12(17)14(6-2)9(3)8-18-4/h9-10H,5-8H2,1-4H3,(H,13,17)(H,15,16). The van der Waals surface area contributed by atoms with Crippen LogP contribution < -0.4 is 5.32 Å². The fourth-order valence-corrected chi connectivity index (χ4v) is 1.75. The quantitative estimate of drug-likeness (QED) is 0.689. The molecular formula is C12H24N2O4. The van der Waals surface area contributed by atoms with Gasteiger partial charge in [-0.3, -0.25) is 4.79 Å². The summed E-state index contributed by atoms with van der Waals surface area (Å²) in [4.78, 5) is 24.3. The first-order valence-electron chi connectivity index (χ1n) is 6.24. The number of hydrogen-bond donors (Lipinski definition) is 2. The van der Waals surface area contributed by atoms with Crippen LogP contribution in [-0.4, -0.2) is 54.4 Å². The van der Waals surface area contributed by atoms with Crippen molar-refractivity contribution in [3.63, 3.8) is 0 Å². The average Bonchev–Trinajstić information content (AvgIpc) is 2.28. The van der Waals surface area contributed by atoms with Crippen LogP contribution in [0.4, 0.5) is 4.79 Å².